The topological polar surface area (TPSA) is 33.6 Å². The highest BCUT2D eigenvalue weighted by atomic mass is 16.5. The van der Waals surface area contributed by atoms with Crippen LogP contribution in [-0.4, -0.2) is 31.1 Å². The molecule has 13 heavy (non-hydrogen) atoms. The van der Waals surface area contributed by atoms with Gasteiger partial charge < -0.3 is 10.1 Å². The van der Waals surface area contributed by atoms with E-state index in [0.29, 0.717) is 18.1 Å². The number of ether oxygens (including phenoxy) is 1. The fourth-order valence-corrected chi connectivity index (χ4v) is 1.84. The molecular formula is C10H18N2O. The van der Waals surface area contributed by atoms with Crippen LogP contribution >= 0.6 is 0 Å². The van der Waals surface area contributed by atoms with Crippen LogP contribution in [0.3, 0.4) is 0 Å². The van der Waals surface area contributed by atoms with Crippen molar-refractivity contribution < 1.29 is 4.74 Å². The lowest BCUT2D eigenvalue weighted by atomic mass is 10.1. The van der Waals surface area contributed by atoms with Crippen molar-refractivity contribution >= 4 is 5.90 Å². The number of aliphatic imine (C=N–C) groups is 1. The Morgan fingerprint density at radius 1 is 1.54 bits per heavy atom. The lowest BCUT2D eigenvalue weighted by molar-refractivity contribution is 0.164. The quantitative estimate of drug-likeness (QED) is 0.696. The molecule has 0 bridgehead atoms. The predicted molar refractivity (Wildman–Crippen MR) is 53.0 cm³/mol. The van der Waals surface area contributed by atoms with Crippen LogP contribution in [0.25, 0.3) is 0 Å². The molecule has 1 fully saturated rings. The second-order valence-corrected chi connectivity index (χ2v) is 4.23. The third-order valence-electron chi connectivity index (χ3n) is 2.80. The predicted octanol–water partition coefficient (Wildman–Crippen LogP) is 1.19. The van der Waals surface area contributed by atoms with E-state index in [1.54, 1.807) is 0 Å². The van der Waals surface area contributed by atoms with Crippen molar-refractivity contribution in [3.63, 3.8) is 0 Å². The molecule has 2 heterocycles. The molecule has 2 aliphatic rings. The molecule has 0 saturated carbocycles. The Labute approximate surface area is 79.6 Å². The molecule has 0 spiro atoms. The molecule has 74 valence electrons. The maximum atomic E-state index is 5.79. The zero-order chi connectivity index (χ0) is 9.26. The van der Waals surface area contributed by atoms with Crippen molar-refractivity contribution in [1.29, 1.82) is 0 Å². The van der Waals surface area contributed by atoms with Gasteiger partial charge in [-0.05, 0) is 25.3 Å². The van der Waals surface area contributed by atoms with Gasteiger partial charge in [-0.3, -0.25) is 4.99 Å². The number of hydrogen-bond acceptors (Lipinski definition) is 3. The van der Waals surface area contributed by atoms with Crippen molar-refractivity contribution in [3.05, 3.63) is 0 Å². The average molecular weight is 182 g/mol. The van der Waals surface area contributed by atoms with E-state index in [9.17, 15) is 0 Å². The Hall–Kier alpha value is -0.570. The third kappa shape index (κ3) is 1.85. The van der Waals surface area contributed by atoms with Gasteiger partial charge in [0.1, 0.15) is 6.10 Å². The zero-order valence-electron chi connectivity index (χ0n) is 8.42. The normalized spacial score (nSPS) is 33.6. The highest BCUT2D eigenvalue weighted by Gasteiger charge is 2.29. The zero-order valence-corrected chi connectivity index (χ0v) is 8.42. The lowest BCUT2D eigenvalue weighted by Crippen LogP contribution is -2.33. The summed E-state index contributed by atoms with van der Waals surface area (Å²) in [6, 6.07) is 0.406. The van der Waals surface area contributed by atoms with Gasteiger partial charge in [-0.2, -0.15) is 0 Å². The van der Waals surface area contributed by atoms with Gasteiger partial charge in [0, 0.05) is 0 Å². The first-order chi connectivity index (χ1) is 6.27. The van der Waals surface area contributed by atoms with E-state index in [4.69, 9.17) is 4.74 Å². The van der Waals surface area contributed by atoms with E-state index in [2.05, 4.69) is 24.2 Å². The molecule has 2 unspecified atom stereocenters. The van der Waals surface area contributed by atoms with Crippen LogP contribution in [0.2, 0.25) is 0 Å². The van der Waals surface area contributed by atoms with Crippen molar-refractivity contribution in [3.8, 4) is 0 Å². The molecule has 3 nitrogen and oxygen atoms in total. The second-order valence-electron chi connectivity index (χ2n) is 4.23. The van der Waals surface area contributed by atoms with Gasteiger partial charge in [-0.1, -0.05) is 13.8 Å². The Bertz CT molecular complexity index is 207. The van der Waals surface area contributed by atoms with Gasteiger partial charge in [0.25, 0.3) is 0 Å². The second kappa shape index (κ2) is 3.66. The molecule has 2 aliphatic heterocycles. The first kappa shape index (κ1) is 9.00. The monoisotopic (exact) mass is 182 g/mol. The maximum Gasteiger partial charge on any atom is 0.201 e. The van der Waals surface area contributed by atoms with E-state index in [-0.39, 0.29) is 0 Å². The molecule has 1 saturated heterocycles. The standard InChI is InChI=1S/C10H18N2O/c1-7(2)9-6-12-10(13-9)8-4-3-5-11-8/h7-9,11H,3-6H2,1-2H3. The van der Waals surface area contributed by atoms with E-state index in [0.717, 1.165) is 19.0 Å². The summed E-state index contributed by atoms with van der Waals surface area (Å²) in [5.41, 5.74) is 0. The molecule has 3 heteroatoms. The fraction of sp³-hybridized carbons (Fsp3) is 0.900. The highest BCUT2D eigenvalue weighted by Crippen LogP contribution is 2.18. The van der Waals surface area contributed by atoms with Crippen LogP contribution in [0.4, 0.5) is 0 Å². The maximum absolute atomic E-state index is 5.79. The minimum atomic E-state index is 0.317. The van der Waals surface area contributed by atoms with Crippen molar-refractivity contribution in [2.24, 2.45) is 10.9 Å². The van der Waals surface area contributed by atoms with Crippen LogP contribution < -0.4 is 5.32 Å². The van der Waals surface area contributed by atoms with E-state index in [1.165, 1.54) is 12.8 Å². The summed E-state index contributed by atoms with van der Waals surface area (Å²) in [6.07, 6.45) is 2.75. The Kier molecular flexibility index (Phi) is 2.54. The van der Waals surface area contributed by atoms with Crippen molar-refractivity contribution in [2.75, 3.05) is 13.1 Å². The molecule has 0 aromatic heterocycles. The van der Waals surface area contributed by atoms with Crippen LogP contribution in [0.15, 0.2) is 4.99 Å². The molecule has 0 aliphatic carbocycles. The number of rotatable bonds is 2. The smallest absolute Gasteiger partial charge is 0.201 e. The summed E-state index contributed by atoms with van der Waals surface area (Å²) in [6.45, 7) is 6.33. The number of nitrogens with zero attached hydrogens (tertiary/aromatic N) is 1. The summed E-state index contributed by atoms with van der Waals surface area (Å²) in [7, 11) is 0. The van der Waals surface area contributed by atoms with Gasteiger partial charge in [0.05, 0.1) is 12.6 Å². The van der Waals surface area contributed by atoms with E-state index in [1.807, 2.05) is 0 Å². The lowest BCUT2D eigenvalue weighted by Gasteiger charge is -2.17. The van der Waals surface area contributed by atoms with E-state index >= 15 is 0 Å². The molecule has 2 atom stereocenters. The summed E-state index contributed by atoms with van der Waals surface area (Å²) in [5.74, 6) is 1.53. The Balaban J connectivity index is 1.89. The molecule has 0 radical (unpaired) electrons. The number of hydrogen-bond donors (Lipinski definition) is 1. The minimum absolute atomic E-state index is 0.317. The van der Waals surface area contributed by atoms with Crippen LogP contribution in [0, 0.1) is 5.92 Å². The van der Waals surface area contributed by atoms with Gasteiger partial charge >= 0.3 is 0 Å². The van der Waals surface area contributed by atoms with Crippen LogP contribution in [-0.2, 0) is 4.74 Å². The summed E-state index contributed by atoms with van der Waals surface area (Å²) in [4.78, 5) is 4.45. The molecule has 0 amide bonds. The Morgan fingerprint density at radius 3 is 2.92 bits per heavy atom. The molecule has 1 N–H and O–H groups in total. The van der Waals surface area contributed by atoms with Crippen molar-refractivity contribution in [2.45, 2.75) is 38.8 Å². The first-order valence-corrected chi connectivity index (χ1v) is 5.22. The fourth-order valence-electron chi connectivity index (χ4n) is 1.84. The van der Waals surface area contributed by atoms with Gasteiger partial charge in [-0.15, -0.1) is 0 Å². The SMILES string of the molecule is CC(C)C1CN=C(C2CCCN2)O1. The van der Waals surface area contributed by atoms with Gasteiger partial charge in [0.2, 0.25) is 5.90 Å². The summed E-state index contributed by atoms with van der Waals surface area (Å²) in [5, 5.41) is 3.40. The average Bonchev–Trinajstić information content (AvgIpc) is 2.75. The summed E-state index contributed by atoms with van der Waals surface area (Å²) >= 11 is 0. The van der Waals surface area contributed by atoms with Crippen LogP contribution in [0.1, 0.15) is 26.7 Å². The third-order valence-corrected chi connectivity index (χ3v) is 2.80. The first-order valence-electron chi connectivity index (χ1n) is 5.22. The highest BCUT2D eigenvalue weighted by molar-refractivity contribution is 5.83. The molecular weight excluding hydrogens is 164 g/mol. The minimum Gasteiger partial charge on any atom is -0.474 e. The number of nitrogens with one attached hydrogen (secondary N) is 1. The molecule has 0 aromatic rings. The van der Waals surface area contributed by atoms with E-state index < -0.39 is 0 Å². The molecule has 2 rings (SSSR count). The van der Waals surface area contributed by atoms with Crippen LogP contribution in [0.5, 0.6) is 0 Å². The van der Waals surface area contributed by atoms with Gasteiger partial charge in [-0.25, -0.2) is 0 Å². The van der Waals surface area contributed by atoms with Crippen molar-refractivity contribution in [1.82, 2.24) is 5.32 Å². The molecule has 0 aromatic carbocycles. The Morgan fingerprint density at radius 2 is 2.38 bits per heavy atom. The largest absolute Gasteiger partial charge is 0.474 e. The summed E-state index contributed by atoms with van der Waals surface area (Å²) < 4.78 is 5.79. The van der Waals surface area contributed by atoms with Gasteiger partial charge in [0.15, 0.2) is 0 Å².